The first-order chi connectivity index (χ1) is 10.9. The Morgan fingerprint density at radius 2 is 1.78 bits per heavy atom. The monoisotopic (exact) mass is 375 g/mol. The Morgan fingerprint density at radius 1 is 1.13 bits per heavy atom. The molecule has 0 saturated heterocycles. The Hall–Kier alpha value is -1.81. The molecule has 0 unspecified atom stereocenters. The van der Waals surface area contributed by atoms with E-state index in [1.807, 2.05) is 51.1 Å². The quantitative estimate of drug-likeness (QED) is 0.802. The van der Waals surface area contributed by atoms with E-state index in [1.165, 1.54) is 0 Å². The Balaban J connectivity index is 2.09. The normalized spacial score (nSPS) is 10.5. The second-order valence-corrected chi connectivity index (χ2v) is 6.58. The zero-order valence-electron chi connectivity index (χ0n) is 14.0. The van der Waals surface area contributed by atoms with Crippen LogP contribution in [0.15, 0.2) is 34.8 Å². The summed E-state index contributed by atoms with van der Waals surface area (Å²) < 4.78 is 6.74. The first kappa shape index (κ1) is 17.5. The summed E-state index contributed by atoms with van der Waals surface area (Å²) in [5.41, 5.74) is 5.10. The van der Waals surface area contributed by atoms with Crippen molar-refractivity contribution in [1.29, 1.82) is 0 Å². The van der Waals surface area contributed by atoms with E-state index < -0.39 is 0 Å². The third-order valence-electron chi connectivity index (χ3n) is 3.78. The summed E-state index contributed by atoms with van der Waals surface area (Å²) in [6.07, 6.45) is 0.855. The zero-order valence-corrected chi connectivity index (χ0v) is 15.6. The van der Waals surface area contributed by atoms with Gasteiger partial charge in [0.25, 0.3) is 5.91 Å². The van der Waals surface area contributed by atoms with Crippen LogP contribution in [-0.4, -0.2) is 12.5 Å². The predicted molar refractivity (Wildman–Crippen MR) is 98.3 cm³/mol. The van der Waals surface area contributed by atoms with Gasteiger partial charge in [0.1, 0.15) is 5.75 Å². The van der Waals surface area contributed by atoms with Crippen molar-refractivity contribution in [2.75, 3.05) is 11.9 Å². The van der Waals surface area contributed by atoms with E-state index in [4.69, 9.17) is 4.74 Å². The highest BCUT2D eigenvalue weighted by Crippen LogP contribution is 2.27. The van der Waals surface area contributed by atoms with E-state index in [0.717, 1.165) is 44.6 Å². The molecule has 0 fully saturated rings. The van der Waals surface area contributed by atoms with Crippen molar-refractivity contribution in [2.45, 2.75) is 34.1 Å². The van der Waals surface area contributed by atoms with Crippen LogP contribution < -0.4 is 10.1 Å². The molecule has 0 aromatic heterocycles. The number of benzene rings is 2. The lowest BCUT2D eigenvalue weighted by molar-refractivity contribution is -0.118. The van der Waals surface area contributed by atoms with Gasteiger partial charge in [-0.2, -0.15) is 0 Å². The molecule has 4 heteroatoms. The smallest absolute Gasteiger partial charge is 0.262 e. The number of carbonyl (C=O) groups excluding carboxylic acids is 1. The van der Waals surface area contributed by atoms with Crippen molar-refractivity contribution < 1.29 is 9.53 Å². The predicted octanol–water partition coefficient (Wildman–Crippen LogP) is 4.95. The van der Waals surface area contributed by atoms with Gasteiger partial charge in [-0.3, -0.25) is 4.79 Å². The van der Waals surface area contributed by atoms with Crippen LogP contribution in [0, 0.1) is 20.8 Å². The summed E-state index contributed by atoms with van der Waals surface area (Å²) in [6, 6.07) is 9.98. The summed E-state index contributed by atoms with van der Waals surface area (Å²) >= 11 is 3.49. The molecule has 122 valence electrons. The number of hydrogen-bond donors (Lipinski definition) is 1. The van der Waals surface area contributed by atoms with Crippen LogP contribution in [0.1, 0.15) is 29.2 Å². The fourth-order valence-corrected chi connectivity index (χ4v) is 3.23. The van der Waals surface area contributed by atoms with Crippen LogP contribution in [0.4, 0.5) is 5.69 Å². The van der Waals surface area contributed by atoms with Gasteiger partial charge in [-0.1, -0.05) is 41.1 Å². The molecule has 0 radical (unpaired) electrons. The number of ether oxygens (including phenoxy) is 1. The van der Waals surface area contributed by atoms with Crippen LogP contribution in [-0.2, 0) is 11.2 Å². The molecule has 0 saturated carbocycles. The number of nitrogens with one attached hydrogen (secondary N) is 1. The second-order valence-electron chi connectivity index (χ2n) is 5.67. The van der Waals surface area contributed by atoms with Crippen LogP contribution >= 0.6 is 15.9 Å². The molecule has 0 aliphatic heterocycles. The SMILES string of the molecule is CCc1cc(Br)cc(C)c1NC(=O)COc1c(C)cccc1C. The fraction of sp³-hybridized carbons (Fsp3) is 0.316. The minimum atomic E-state index is -0.146. The minimum absolute atomic E-state index is 0.00432. The highest BCUT2D eigenvalue weighted by Gasteiger charge is 2.12. The largest absolute Gasteiger partial charge is 0.483 e. The first-order valence-corrected chi connectivity index (χ1v) is 8.49. The van der Waals surface area contributed by atoms with Gasteiger partial charge in [0.15, 0.2) is 6.61 Å². The van der Waals surface area contributed by atoms with Crippen LogP contribution in [0.2, 0.25) is 0 Å². The van der Waals surface area contributed by atoms with Gasteiger partial charge < -0.3 is 10.1 Å². The Bertz CT molecular complexity index is 705. The molecule has 2 aromatic rings. The first-order valence-electron chi connectivity index (χ1n) is 7.70. The van der Waals surface area contributed by atoms with E-state index in [0.29, 0.717) is 0 Å². The van der Waals surface area contributed by atoms with Crippen molar-refractivity contribution in [3.05, 3.63) is 57.1 Å². The Kier molecular flexibility index (Phi) is 5.83. The third kappa shape index (κ3) is 4.35. The van der Waals surface area contributed by atoms with E-state index in [-0.39, 0.29) is 12.5 Å². The van der Waals surface area contributed by atoms with Crippen molar-refractivity contribution in [2.24, 2.45) is 0 Å². The lowest BCUT2D eigenvalue weighted by Gasteiger charge is -2.15. The summed E-state index contributed by atoms with van der Waals surface area (Å²) in [4.78, 5) is 12.3. The molecule has 2 rings (SSSR count). The average Bonchev–Trinajstić information content (AvgIpc) is 2.49. The zero-order chi connectivity index (χ0) is 17.0. The second kappa shape index (κ2) is 7.64. The highest BCUT2D eigenvalue weighted by atomic mass is 79.9. The third-order valence-corrected chi connectivity index (χ3v) is 4.24. The topological polar surface area (TPSA) is 38.3 Å². The molecule has 1 N–H and O–H groups in total. The number of aryl methyl sites for hydroxylation is 4. The maximum atomic E-state index is 12.3. The van der Waals surface area contributed by atoms with Gasteiger partial charge >= 0.3 is 0 Å². The molecular weight excluding hydrogens is 354 g/mol. The molecule has 0 heterocycles. The van der Waals surface area contributed by atoms with Crippen molar-refractivity contribution in [3.63, 3.8) is 0 Å². The molecule has 23 heavy (non-hydrogen) atoms. The Labute approximate surface area is 146 Å². The standard InChI is InChI=1S/C19H22BrNO2/c1-5-15-10-16(20)9-14(4)18(15)21-17(22)11-23-19-12(2)7-6-8-13(19)3/h6-10H,5,11H2,1-4H3,(H,21,22). The fourth-order valence-electron chi connectivity index (χ4n) is 2.61. The molecule has 0 spiro atoms. The van der Waals surface area contributed by atoms with Crippen LogP contribution in [0.25, 0.3) is 0 Å². The number of carbonyl (C=O) groups is 1. The number of halogens is 1. The van der Waals surface area contributed by atoms with Crippen LogP contribution in [0.3, 0.4) is 0 Å². The van der Waals surface area contributed by atoms with Crippen molar-refractivity contribution >= 4 is 27.5 Å². The van der Waals surface area contributed by atoms with Gasteiger partial charge in [0.2, 0.25) is 0 Å². The maximum Gasteiger partial charge on any atom is 0.262 e. The molecule has 0 bridgehead atoms. The van der Waals surface area contributed by atoms with E-state index >= 15 is 0 Å². The lowest BCUT2D eigenvalue weighted by Crippen LogP contribution is -2.22. The van der Waals surface area contributed by atoms with Crippen molar-refractivity contribution in [1.82, 2.24) is 0 Å². The lowest BCUT2D eigenvalue weighted by atomic mass is 10.1. The van der Waals surface area contributed by atoms with Gasteiger partial charge in [-0.25, -0.2) is 0 Å². The molecular formula is C19H22BrNO2. The number of hydrogen-bond acceptors (Lipinski definition) is 2. The highest BCUT2D eigenvalue weighted by molar-refractivity contribution is 9.10. The average molecular weight is 376 g/mol. The number of anilines is 1. The summed E-state index contributed by atoms with van der Waals surface area (Å²) in [7, 11) is 0. The number of rotatable bonds is 5. The molecule has 2 aromatic carbocycles. The molecule has 0 aliphatic carbocycles. The van der Waals surface area contributed by atoms with Gasteiger partial charge in [0.05, 0.1) is 0 Å². The molecule has 1 amide bonds. The molecule has 0 aliphatic rings. The maximum absolute atomic E-state index is 12.3. The Morgan fingerprint density at radius 3 is 2.39 bits per heavy atom. The van der Waals surface area contributed by atoms with Gasteiger partial charge in [-0.15, -0.1) is 0 Å². The minimum Gasteiger partial charge on any atom is -0.483 e. The summed E-state index contributed by atoms with van der Waals surface area (Å²) in [5.74, 6) is 0.638. The molecule has 3 nitrogen and oxygen atoms in total. The number of para-hydroxylation sites is 1. The summed E-state index contributed by atoms with van der Waals surface area (Å²) in [5, 5.41) is 2.98. The number of amides is 1. The van der Waals surface area contributed by atoms with Gasteiger partial charge in [0, 0.05) is 10.2 Å². The van der Waals surface area contributed by atoms with E-state index in [1.54, 1.807) is 0 Å². The van der Waals surface area contributed by atoms with E-state index in [2.05, 4.69) is 28.2 Å². The summed E-state index contributed by atoms with van der Waals surface area (Å²) in [6.45, 7) is 8.03. The van der Waals surface area contributed by atoms with E-state index in [9.17, 15) is 4.79 Å². The van der Waals surface area contributed by atoms with Crippen molar-refractivity contribution in [3.8, 4) is 5.75 Å². The van der Waals surface area contributed by atoms with Crippen LogP contribution in [0.5, 0.6) is 5.75 Å². The van der Waals surface area contributed by atoms with Gasteiger partial charge in [-0.05, 0) is 61.6 Å². The molecule has 0 atom stereocenters.